The van der Waals surface area contributed by atoms with Crippen LogP contribution in [0.5, 0.6) is 5.75 Å². The van der Waals surface area contributed by atoms with E-state index in [1.54, 1.807) is 31.4 Å². The molecular weight excluding hydrogens is 537 g/mol. The first-order chi connectivity index (χ1) is 17.5. The summed E-state index contributed by atoms with van der Waals surface area (Å²) < 4.78 is 31.7. The highest BCUT2D eigenvalue weighted by molar-refractivity contribution is 7.92. The van der Waals surface area contributed by atoms with Crippen LogP contribution in [0.4, 0.5) is 5.69 Å². The number of nitrogens with one attached hydrogen (secondary N) is 1. The number of benzene rings is 2. The fourth-order valence-electron chi connectivity index (χ4n) is 4.53. The highest BCUT2D eigenvalue weighted by Crippen LogP contribution is 2.34. The topological polar surface area (TPSA) is 96.0 Å². The highest BCUT2D eigenvalue weighted by Gasteiger charge is 2.33. The zero-order valence-electron chi connectivity index (χ0n) is 21.2. The first kappa shape index (κ1) is 29.1. The molecule has 1 aliphatic rings. The standard InChI is InChI=1S/C26H33Cl2N3O5S/c1-4-22(26(33)29-19-10-5-6-11-19)30(16-18-9-7-12-20(15-18)36-2)24(32)17-31(37(3,34)35)23-14-8-13-21(27)25(23)28/h7-9,12-15,19,22H,4-6,10-11,16-17H2,1-3H3,(H,29,33). The molecule has 0 bridgehead atoms. The van der Waals surface area contributed by atoms with Crippen LogP contribution in [-0.4, -0.2) is 57.1 Å². The van der Waals surface area contributed by atoms with Gasteiger partial charge in [0.25, 0.3) is 0 Å². The van der Waals surface area contributed by atoms with Crippen molar-refractivity contribution in [3.63, 3.8) is 0 Å². The largest absolute Gasteiger partial charge is 0.497 e. The molecule has 1 atom stereocenters. The van der Waals surface area contributed by atoms with E-state index in [0.717, 1.165) is 41.8 Å². The number of rotatable bonds is 11. The minimum atomic E-state index is -3.92. The van der Waals surface area contributed by atoms with Crippen molar-refractivity contribution < 1.29 is 22.7 Å². The molecule has 0 aliphatic heterocycles. The quantitative estimate of drug-likeness (QED) is 0.425. The fourth-order valence-corrected chi connectivity index (χ4v) is 5.84. The van der Waals surface area contributed by atoms with Crippen LogP contribution in [0.1, 0.15) is 44.6 Å². The van der Waals surface area contributed by atoms with Gasteiger partial charge in [0.05, 0.1) is 29.1 Å². The predicted octanol–water partition coefficient (Wildman–Crippen LogP) is 4.63. The third-order valence-corrected chi connectivity index (χ3v) is 8.39. The summed E-state index contributed by atoms with van der Waals surface area (Å²) in [5.74, 6) is -0.188. The first-order valence-electron chi connectivity index (χ1n) is 12.2. The summed E-state index contributed by atoms with van der Waals surface area (Å²) in [7, 11) is -2.37. The van der Waals surface area contributed by atoms with Gasteiger partial charge in [-0.2, -0.15) is 0 Å². The van der Waals surface area contributed by atoms with Crippen molar-refractivity contribution in [1.82, 2.24) is 10.2 Å². The van der Waals surface area contributed by atoms with Crippen molar-refractivity contribution in [1.29, 1.82) is 0 Å². The molecule has 1 saturated carbocycles. The van der Waals surface area contributed by atoms with E-state index >= 15 is 0 Å². The van der Waals surface area contributed by atoms with E-state index in [1.807, 2.05) is 13.0 Å². The van der Waals surface area contributed by atoms with Crippen LogP contribution >= 0.6 is 23.2 Å². The molecule has 1 unspecified atom stereocenters. The van der Waals surface area contributed by atoms with E-state index in [0.29, 0.717) is 12.2 Å². The monoisotopic (exact) mass is 569 g/mol. The van der Waals surface area contributed by atoms with Gasteiger partial charge in [-0.15, -0.1) is 0 Å². The van der Waals surface area contributed by atoms with Gasteiger partial charge in [0.1, 0.15) is 18.3 Å². The summed E-state index contributed by atoms with van der Waals surface area (Å²) in [5.41, 5.74) is 0.835. The minimum Gasteiger partial charge on any atom is -0.497 e. The van der Waals surface area contributed by atoms with Gasteiger partial charge in [-0.3, -0.25) is 13.9 Å². The van der Waals surface area contributed by atoms with Crippen molar-refractivity contribution in [2.45, 2.75) is 57.7 Å². The molecule has 0 spiro atoms. The second kappa shape index (κ2) is 12.8. The van der Waals surface area contributed by atoms with Crippen LogP contribution in [0.15, 0.2) is 42.5 Å². The van der Waals surface area contributed by atoms with Crippen LogP contribution in [0.3, 0.4) is 0 Å². The third kappa shape index (κ3) is 7.52. The molecule has 1 aliphatic carbocycles. The third-order valence-electron chi connectivity index (χ3n) is 6.45. The van der Waals surface area contributed by atoms with E-state index < -0.39 is 28.5 Å². The van der Waals surface area contributed by atoms with Crippen molar-refractivity contribution in [2.75, 3.05) is 24.2 Å². The first-order valence-corrected chi connectivity index (χ1v) is 14.8. The zero-order chi connectivity index (χ0) is 27.2. The molecule has 0 radical (unpaired) electrons. The number of carbonyl (C=O) groups excluding carboxylic acids is 2. The molecule has 1 N–H and O–H groups in total. The summed E-state index contributed by atoms with van der Waals surface area (Å²) in [6.45, 7) is 1.37. The number of anilines is 1. The van der Waals surface area contributed by atoms with Crippen LogP contribution in [0.25, 0.3) is 0 Å². The Morgan fingerprint density at radius 2 is 1.81 bits per heavy atom. The van der Waals surface area contributed by atoms with E-state index in [1.165, 1.54) is 17.0 Å². The van der Waals surface area contributed by atoms with Gasteiger partial charge in [-0.05, 0) is 49.1 Å². The fraction of sp³-hybridized carbons (Fsp3) is 0.462. The summed E-state index contributed by atoms with van der Waals surface area (Å²) in [6.07, 6.45) is 5.26. The average Bonchev–Trinajstić information content (AvgIpc) is 3.36. The van der Waals surface area contributed by atoms with Gasteiger partial charge in [0.15, 0.2) is 0 Å². The number of halogens is 2. The van der Waals surface area contributed by atoms with Crippen molar-refractivity contribution in [3.05, 3.63) is 58.1 Å². The SMILES string of the molecule is CCC(C(=O)NC1CCCC1)N(Cc1cccc(OC)c1)C(=O)CN(c1cccc(Cl)c1Cl)S(C)(=O)=O. The molecule has 11 heteroatoms. The van der Waals surface area contributed by atoms with E-state index in [4.69, 9.17) is 27.9 Å². The minimum absolute atomic E-state index is 0.0211. The number of methoxy groups -OCH3 is 1. The number of carbonyl (C=O) groups is 2. The van der Waals surface area contributed by atoms with Gasteiger partial charge in [0.2, 0.25) is 21.8 Å². The van der Waals surface area contributed by atoms with Crippen molar-refractivity contribution >= 4 is 50.7 Å². The highest BCUT2D eigenvalue weighted by atomic mass is 35.5. The molecule has 0 saturated heterocycles. The summed E-state index contributed by atoms with van der Waals surface area (Å²) >= 11 is 12.4. The number of amides is 2. The molecular formula is C26H33Cl2N3O5S. The lowest BCUT2D eigenvalue weighted by Crippen LogP contribution is -2.53. The van der Waals surface area contributed by atoms with E-state index in [2.05, 4.69) is 5.32 Å². The van der Waals surface area contributed by atoms with E-state index in [9.17, 15) is 18.0 Å². The number of ether oxygens (including phenoxy) is 1. The van der Waals surface area contributed by atoms with Crippen LogP contribution < -0.4 is 14.4 Å². The predicted molar refractivity (Wildman–Crippen MR) is 147 cm³/mol. The molecule has 0 aromatic heterocycles. The summed E-state index contributed by atoms with van der Waals surface area (Å²) in [6, 6.07) is 11.0. The Bertz CT molecular complexity index is 1220. The maximum atomic E-state index is 13.8. The molecule has 202 valence electrons. The maximum Gasteiger partial charge on any atom is 0.244 e. The normalized spacial score (nSPS) is 14.7. The Morgan fingerprint density at radius 1 is 1.14 bits per heavy atom. The van der Waals surface area contributed by atoms with Crippen LogP contribution in [-0.2, 0) is 26.2 Å². The number of nitrogens with zero attached hydrogens (tertiary/aromatic N) is 2. The Labute approximate surface area is 228 Å². The molecule has 2 amide bonds. The van der Waals surface area contributed by atoms with Gasteiger partial charge < -0.3 is 15.0 Å². The lowest BCUT2D eigenvalue weighted by molar-refractivity contribution is -0.140. The van der Waals surface area contributed by atoms with Crippen LogP contribution in [0.2, 0.25) is 10.0 Å². The average molecular weight is 571 g/mol. The summed E-state index contributed by atoms with van der Waals surface area (Å²) in [4.78, 5) is 28.6. The smallest absolute Gasteiger partial charge is 0.244 e. The Kier molecular flexibility index (Phi) is 10.1. The molecule has 2 aromatic carbocycles. The lowest BCUT2D eigenvalue weighted by atomic mass is 10.1. The van der Waals surface area contributed by atoms with Crippen molar-refractivity contribution in [3.8, 4) is 5.75 Å². The van der Waals surface area contributed by atoms with E-state index in [-0.39, 0.29) is 34.2 Å². The molecule has 2 aromatic rings. The molecule has 1 fully saturated rings. The second-order valence-electron chi connectivity index (χ2n) is 9.13. The lowest BCUT2D eigenvalue weighted by Gasteiger charge is -2.33. The number of sulfonamides is 1. The molecule has 8 nitrogen and oxygen atoms in total. The van der Waals surface area contributed by atoms with Crippen molar-refractivity contribution in [2.24, 2.45) is 0 Å². The van der Waals surface area contributed by atoms with Gasteiger partial charge in [-0.1, -0.05) is 61.2 Å². The van der Waals surface area contributed by atoms with Gasteiger partial charge in [-0.25, -0.2) is 8.42 Å². The Hall–Kier alpha value is -2.49. The van der Waals surface area contributed by atoms with Gasteiger partial charge in [0, 0.05) is 12.6 Å². The molecule has 3 rings (SSSR count). The second-order valence-corrected chi connectivity index (χ2v) is 11.8. The molecule has 0 heterocycles. The number of hydrogen-bond acceptors (Lipinski definition) is 5. The van der Waals surface area contributed by atoms with Gasteiger partial charge >= 0.3 is 0 Å². The molecule has 37 heavy (non-hydrogen) atoms. The summed E-state index contributed by atoms with van der Waals surface area (Å²) in [5, 5.41) is 3.26. The number of hydrogen-bond donors (Lipinski definition) is 1. The Balaban J connectivity index is 1.96. The maximum absolute atomic E-state index is 13.8. The Morgan fingerprint density at radius 3 is 2.43 bits per heavy atom. The van der Waals surface area contributed by atoms with Crippen LogP contribution in [0, 0.1) is 0 Å². The zero-order valence-corrected chi connectivity index (χ0v) is 23.6.